The Morgan fingerprint density at radius 1 is 1.50 bits per heavy atom. The fourth-order valence-electron chi connectivity index (χ4n) is 1.80. The second-order valence-corrected chi connectivity index (χ2v) is 4.06. The summed E-state index contributed by atoms with van der Waals surface area (Å²) in [6, 6.07) is 3.91. The molecule has 5 nitrogen and oxygen atoms in total. The van der Waals surface area contributed by atoms with Gasteiger partial charge in [-0.3, -0.25) is 0 Å². The lowest BCUT2D eigenvalue weighted by Gasteiger charge is -2.14. The highest BCUT2D eigenvalue weighted by Crippen LogP contribution is 2.26. The fraction of sp³-hybridized carbons (Fsp3) is 0.333. The standard InChI is InChI=1S/C12H15FN4O/c1-2-5-17-11(7-15-16-17)12(18)9-6-8(13)3-4-10(9)14/h3-4,6-7,12,18H,2,5,14H2,1H3. The zero-order chi connectivity index (χ0) is 13.1. The third-order valence-electron chi connectivity index (χ3n) is 2.71. The Kier molecular flexibility index (Phi) is 3.57. The summed E-state index contributed by atoms with van der Waals surface area (Å²) < 4.78 is 14.8. The average molecular weight is 250 g/mol. The van der Waals surface area contributed by atoms with Crippen LogP contribution in [-0.4, -0.2) is 20.1 Å². The van der Waals surface area contributed by atoms with Crippen molar-refractivity contribution in [2.45, 2.75) is 26.0 Å². The number of aliphatic hydroxyl groups is 1. The van der Waals surface area contributed by atoms with Gasteiger partial charge < -0.3 is 10.8 Å². The van der Waals surface area contributed by atoms with Crippen molar-refractivity contribution in [3.05, 3.63) is 41.5 Å². The van der Waals surface area contributed by atoms with Crippen molar-refractivity contribution in [2.24, 2.45) is 0 Å². The molecule has 0 aliphatic carbocycles. The first-order chi connectivity index (χ1) is 8.63. The van der Waals surface area contributed by atoms with E-state index in [0.29, 0.717) is 23.5 Å². The number of anilines is 1. The molecule has 0 aliphatic heterocycles. The van der Waals surface area contributed by atoms with Gasteiger partial charge in [-0.05, 0) is 24.6 Å². The number of halogens is 1. The normalized spacial score (nSPS) is 12.6. The van der Waals surface area contributed by atoms with Crippen LogP contribution in [0.2, 0.25) is 0 Å². The third kappa shape index (κ3) is 2.33. The number of nitrogen functional groups attached to an aromatic ring is 1. The lowest BCUT2D eigenvalue weighted by Crippen LogP contribution is -2.11. The topological polar surface area (TPSA) is 77.0 Å². The molecule has 0 radical (unpaired) electrons. The maximum Gasteiger partial charge on any atom is 0.124 e. The molecular weight excluding hydrogens is 235 g/mol. The van der Waals surface area contributed by atoms with Gasteiger partial charge in [0, 0.05) is 17.8 Å². The Balaban J connectivity index is 2.38. The summed E-state index contributed by atoms with van der Waals surface area (Å²) in [6.07, 6.45) is 1.30. The van der Waals surface area contributed by atoms with Crippen LogP contribution >= 0.6 is 0 Å². The van der Waals surface area contributed by atoms with Crippen LogP contribution < -0.4 is 5.73 Å². The zero-order valence-electron chi connectivity index (χ0n) is 10.0. The van der Waals surface area contributed by atoms with Crippen LogP contribution in [0.4, 0.5) is 10.1 Å². The highest BCUT2D eigenvalue weighted by molar-refractivity contribution is 5.49. The molecule has 6 heteroatoms. The van der Waals surface area contributed by atoms with Crippen molar-refractivity contribution in [1.29, 1.82) is 0 Å². The molecule has 1 unspecified atom stereocenters. The van der Waals surface area contributed by atoms with Crippen LogP contribution in [0.5, 0.6) is 0 Å². The van der Waals surface area contributed by atoms with Crippen molar-refractivity contribution < 1.29 is 9.50 Å². The van der Waals surface area contributed by atoms with Crippen LogP contribution in [0.15, 0.2) is 24.4 Å². The summed E-state index contributed by atoms with van der Waals surface area (Å²) in [5.74, 6) is -0.437. The molecule has 0 aliphatic rings. The molecule has 0 saturated carbocycles. The molecule has 18 heavy (non-hydrogen) atoms. The van der Waals surface area contributed by atoms with E-state index in [0.717, 1.165) is 6.42 Å². The molecule has 1 aromatic heterocycles. The molecular formula is C12H15FN4O. The van der Waals surface area contributed by atoms with E-state index in [2.05, 4.69) is 10.3 Å². The molecule has 0 amide bonds. The zero-order valence-corrected chi connectivity index (χ0v) is 10.0. The number of nitrogens with zero attached hydrogens (tertiary/aromatic N) is 3. The third-order valence-corrected chi connectivity index (χ3v) is 2.71. The second-order valence-electron chi connectivity index (χ2n) is 4.06. The quantitative estimate of drug-likeness (QED) is 0.806. The van der Waals surface area contributed by atoms with E-state index in [1.165, 1.54) is 24.4 Å². The maximum absolute atomic E-state index is 13.2. The van der Waals surface area contributed by atoms with Crippen LogP contribution in [0.25, 0.3) is 0 Å². The average Bonchev–Trinajstić information content (AvgIpc) is 2.80. The van der Waals surface area contributed by atoms with Gasteiger partial charge in [0.15, 0.2) is 0 Å². The summed E-state index contributed by atoms with van der Waals surface area (Å²) in [5.41, 5.74) is 6.92. The van der Waals surface area contributed by atoms with E-state index < -0.39 is 11.9 Å². The lowest BCUT2D eigenvalue weighted by molar-refractivity contribution is 0.207. The summed E-state index contributed by atoms with van der Waals surface area (Å²) in [4.78, 5) is 0. The molecule has 1 atom stereocenters. The van der Waals surface area contributed by atoms with E-state index in [9.17, 15) is 9.50 Å². The first kappa shape index (κ1) is 12.5. The number of hydrogen-bond acceptors (Lipinski definition) is 4. The number of benzene rings is 1. The largest absolute Gasteiger partial charge is 0.398 e. The summed E-state index contributed by atoms with van der Waals surface area (Å²) in [7, 11) is 0. The Morgan fingerprint density at radius 2 is 2.28 bits per heavy atom. The highest BCUT2D eigenvalue weighted by atomic mass is 19.1. The summed E-state index contributed by atoms with van der Waals surface area (Å²) in [6.45, 7) is 2.63. The minimum absolute atomic E-state index is 0.328. The second kappa shape index (κ2) is 5.14. The minimum atomic E-state index is -1.03. The summed E-state index contributed by atoms with van der Waals surface area (Å²) >= 11 is 0. The number of nitrogens with two attached hydrogens (primary N) is 1. The van der Waals surface area contributed by atoms with Gasteiger partial charge in [-0.25, -0.2) is 9.07 Å². The van der Waals surface area contributed by atoms with Crippen LogP contribution in [0, 0.1) is 5.82 Å². The van der Waals surface area contributed by atoms with Gasteiger partial charge in [-0.15, -0.1) is 5.10 Å². The van der Waals surface area contributed by atoms with Gasteiger partial charge in [0.05, 0.1) is 11.9 Å². The predicted octanol–water partition coefficient (Wildman–Crippen LogP) is 1.49. The Hall–Kier alpha value is -1.95. The van der Waals surface area contributed by atoms with Gasteiger partial charge in [0.1, 0.15) is 11.9 Å². The lowest BCUT2D eigenvalue weighted by atomic mass is 10.0. The molecule has 2 aromatic rings. The van der Waals surface area contributed by atoms with Gasteiger partial charge in [-0.2, -0.15) is 0 Å². The van der Waals surface area contributed by atoms with Gasteiger partial charge in [-0.1, -0.05) is 12.1 Å². The van der Waals surface area contributed by atoms with Crippen molar-refractivity contribution in [3.63, 3.8) is 0 Å². The van der Waals surface area contributed by atoms with Crippen molar-refractivity contribution >= 4 is 5.69 Å². The summed E-state index contributed by atoms with van der Waals surface area (Å²) in [5, 5.41) is 17.9. The number of rotatable bonds is 4. The maximum atomic E-state index is 13.2. The molecule has 1 heterocycles. The highest BCUT2D eigenvalue weighted by Gasteiger charge is 2.19. The van der Waals surface area contributed by atoms with Crippen molar-refractivity contribution in [3.8, 4) is 0 Å². The predicted molar refractivity (Wildman–Crippen MR) is 65.2 cm³/mol. The SMILES string of the molecule is CCCn1nncc1C(O)c1cc(F)ccc1N. The van der Waals surface area contributed by atoms with Crippen LogP contribution in [0.3, 0.4) is 0 Å². The fourth-order valence-corrected chi connectivity index (χ4v) is 1.80. The Labute approximate surface area is 104 Å². The van der Waals surface area contributed by atoms with Crippen LogP contribution in [-0.2, 0) is 6.54 Å². The van der Waals surface area contributed by atoms with E-state index >= 15 is 0 Å². The van der Waals surface area contributed by atoms with Crippen molar-refractivity contribution in [1.82, 2.24) is 15.0 Å². The van der Waals surface area contributed by atoms with Gasteiger partial charge in [0.2, 0.25) is 0 Å². The van der Waals surface area contributed by atoms with Gasteiger partial charge >= 0.3 is 0 Å². The van der Waals surface area contributed by atoms with E-state index in [1.54, 1.807) is 4.68 Å². The monoisotopic (exact) mass is 250 g/mol. The molecule has 0 saturated heterocycles. The number of hydrogen-bond donors (Lipinski definition) is 2. The van der Waals surface area contributed by atoms with E-state index in [4.69, 9.17) is 5.73 Å². The van der Waals surface area contributed by atoms with Crippen LogP contribution in [0.1, 0.15) is 30.7 Å². The minimum Gasteiger partial charge on any atom is -0.398 e. The number of aryl methyl sites for hydroxylation is 1. The van der Waals surface area contributed by atoms with E-state index in [1.807, 2.05) is 6.92 Å². The molecule has 96 valence electrons. The van der Waals surface area contributed by atoms with Crippen molar-refractivity contribution in [2.75, 3.05) is 5.73 Å². The van der Waals surface area contributed by atoms with Gasteiger partial charge in [0.25, 0.3) is 0 Å². The molecule has 1 aromatic carbocycles. The van der Waals surface area contributed by atoms with E-state index in [-0.39, 0.29) is 0 Å². The Bertz CT molecular complexity index is 541. The molecule has 3 N–H and O–H groups in total. The first-order valence-electron chi connectivity index (χ1n) is 5.75. The molecule has 0 spiro atoms. The molecule has 0 bridgehead atoms. The number of aliphatic hydroxyl groups excluding tert-OH is 1. The smallest absolute Gasteiger partial charge is 0.124 e. The Morgan fingerprint density at radius 3 is 3.00 bits per heavy atom. The molecule has 2 rings (SSSR count). The first-order valence-corrected chi connectivity index (χ1v) is 5.75. The number of aromatic nitrogens is 3. The molecule has 0 fully saturated rings.